The van der Waals surface area contributed by atoms with Crippen LogP contribution in [0.15, 0.2) is 12.7 Å². The standard InChI is InChI=1S/C10H13N5O10P2/c11-8-5-9(13-2-12-8)15(3-14-5)10-7(17)6(16)4(24-10)1-23-27(21,22)25-26(18,19)20/h2-3,6,10,16-17H,1H2,(H,21,22)(H2,11,12,13)(H2,18,19,20)/t6-,10-/m1/s1. The summed E-state index contributed by atoms with van der Waals surface area (Å²) in [5.41, 5.74) is 6.04. The quantitative estimate of drug-likeness (QED) is 0.304. The van der Waals surface area contributed by atoms with Crippen LogP contribution in [0.3, 0.4) is 0 Å². The molecule has 0 aromatic carbocycles. The lowest BCUT2D eigenvalue weighted by atomic mass is 10.1. The van der Waals surface area contributed by atoms with Crippen molar-refractivity contribution in [3.8, 4) is 0 Å². The van der Waals surface area contributed by atoms with E-state index in [1.807, 2.05) is 0 Å². The van der Waals surface area contributed by atoms with Crippen molar-refractivity contribution in [1.29, 1.82) is 0 Å². The minimum atomic E-state index is -5.30. The molecule has 0 spiro atoms. The van der Waals surface area contributed by atoms with E-state index in [-0.39, 0.29) is 17.0 Å². The number of rotatable bonds is 6. The first-order chi connectivity index (χ1) is 12.5. The van der Waals surface area contributed by atoms with E-state index in [1.54, 1.807) is 0 Å². The summed E-state index contributed by atoms with van der Waals surface area (Å²) in [6, 6.07) is 0. The SMILES string of the molecule is Nc1ncnc2c1ncn2[C@@H]1O[C](COP(=O)(O)OP(=O)(O)O)[C@@H](O)[C]1O. The maximum atomic E-state index is 11.4. The summed E-state index contributed by atoms with van der Waals surface area (Å²) in [5.74, 6) is 0.0696. The second-order valence-corrected chi connectivity index (χ2v) is 7.99. The Kier molecular flexibility index (Phi) is 5.35. The van der Waals surface area contributed by atoms with Crippen LogP contribution in [0.4, 0.5) is 5.82 Å². The van der Waals surface area contributed by atoms with Gasteiger partial charge in [-0.2, -0.15) is 4.31 Å². The van der Waals surface area contributed by atoms with Gasteiger partial charge in [-0.25, -0.2) is 24.1 Å². The molecule has 2 aromatic heterocycles. The molecule has 1 aliphatic rings. The molecule has 1 unspecified atom stereocenters. The van der Waals surface area contributed by atoms with Crippen molar-refractivity contribution < 1.29 is 47.6 Å². The van der Waals surface area contributed by atoms with Crippen molar-refractivity contribution >= 4 is 32.6 Å². The number of nitrogen functional groups attached to an aromatic ring is 1. The Morgan fingerprint density at radius 1 is 1.26 bits per heavy atom. The van der Waals surface area contributed by atoms with Crippen LogP contribution in [-0.4, -0.2) is 57.1 Å². The topological polar surface area (TPSA) is 233 Å². The van der Waals surface area contributed by atoms with E-state index in [2.05, 4.69) is 23.8 Å². The van der Waals surface area contributed by atoms with Gasteiger partial charge >= 0.3 is 15.6 Å². The largest absolute Gasteiger partial charge is 0.481 e. The van der Waals surface area contributed by atoms with Gasteiger partial charge in [0.15, 0.2) is 29.9 Å². The van der Waals surface area contributed by atoms with Crippen molar-refractivity contribution in [3.63, 3.8) is 0 Å². The summed E-state index contributed by atoms with van der Waals surface area (Å²) in [4.78, 5) is 38.0. The number of nitrogens with zero attached hydrogens (tertiary/aromatic N) is 4. The normalized spacial score (nSPS) is 24.5. The van der Waals surface area contributed by atoms with Gasteiger partial charge in [-0.15, -0.1) is 0 Å². The molecule has 2 radical (unpaired) electrons. The van der Waals surface area contributed by atoms with Gasteiger partial charge in [-0.3, -0.25) is 9.09 Å². The molecule has 148 valence electrons. The van der Waals surface area contributed by atoms with Crippen molar-refractivity contribution in [3.05, 3.63) is 24.9 Å². The van der Waals surface area contributed by atoms with Gasteiger partial charge in [-0.1, -0.05) is 0 Å². The van der Waals surface area contributed by atoms with Crippen molar-refractivity contribution in [2.24, 2.45) is 0 Å². The summed E-state index contributed by atoms with van der Waals surface area (Å²) in [6.45, 7) is -0.917. The Bertz CT molecular complexity index is 932. The number of hydrogen-bond acceptors (Lipinski definition) is 11. The zero-order chi connectivity index (χ0) is 20.0. The summed E-state index contributed by atoms with van der Waals surface area (Å²) in [7, 11) is -10.5. The first kappa shape index (κ1) is 20.2. The molecule has 7 N–H and O–H groups in total. The number of aliphatic hydroxyl groups is 2. The Labute approximate surface area is 150 Å². The van der Waals surface area contributed by atoms with Crippen molar-refractivity contribution in [2.45, 2.75) is 12.3 Å². The molecule has 1 saturated heterocycles. The number of aliphatic hydroxyl groups excluding tert-OH is 2. The second kappa shape index (κ2) is 7.14. The zero-order valence-electron chi connectivity index (χ0n) is 13.1. The first-order valence-corrected chi connectivity index (χ1v) is 9.94. The Morgan fingerprint density at radius 2 is 1.96 bits per heavy atom. The second-order valence-electron chi connectivity index (χ2n) is 5.16. The lowest BCUT2D eigenvalue weighted by Gasteiger charge is -2.16. The highest BCUT2D eigenvalue weighted by Gasteiger charge is 2.47. The van der Waals surface area contributed by atoms with Gasteiger partial charge in [0.25, 0.3) is 0 Å². The highest BCUT2D eigenvalue weighted by atomic mass is 31.3. The first-order valence-electron chi connectivity index (χ1n) is 6.92. The maximum Gasteiger partial charge on any atom is 0.481 e. The number of fused-ring (bicyclic) bond motifs is 1. The third-order valence-corrected chi connectivity index (χ3v) is 5.45. The van der Waals surface area contributed by atoms with Gasteiger partial charge in [0.1, 0.15) is 17.9 Å². The van der Waals surface area contributed by atoms with Crippen LogP contribution in [0.25, 0.3) is 11.2 Å². The van der Waals surface area contributed by atoms with Crippen molar-refractivity contribution in [1.82, 2.24) is 19.5 Å². The van der Waals surface area contributed by atoms with E-state index in [4.69, 9.17) is 20.3 Å². The number of phosphoric acid groups is 2. The third-order valence-electron chi connectivity index (χ3n) is 3.32. The van der Waals surface area contributed by atoms with Gasteiger partial charge in [0.2, 0.25) is 0 Å². The average molecular weight is 425 g/mol. The number of hydrogen-bond donors (Lipinski definition) is 6. The molecule has 15 nitrogen and oxygen atoms in total. The predicted octanol–water partition coefficient (Wildman–Crippen LogP) is -1.04. The molecule has 0 aliphatic carbocycles. The number of aromatic nitrogens is 4. The molecule has 0 bridgehead atoms. The fraction of sp³-hybridized carbons (Fsp3) is 0.300. The minimum Gasteiger partial charge on any atom is -0.387 e. The average Bonchev–Trinajstić information content (AvgIpc) is 3.07. The summed E-state index contributed by atoms with van der Waals surface area (Å²) in [5, 5.41) is 20.1. The number of phosphoric ester groups is 1. The molecule has 0 saturated carbocycles. The predicted molar refractivity (Wildman–Crippen MR) is 83.2 cm³/mol. The van der Waals surface area contributed by atoms with E-state index < -0.39 is 46.8 Å². The molecule has 27 heavy (non-hydrogen) atoms. The monoisotopic (exact) mass is 425 g/mol. The number of anilines is 1. The van der Waals surface area contributed by atoms with Crippen LogP contribution >= 0.6 is 15.6 Å². The molecule has 1 aliphatic heterocycles. The van der Waals surface area contributed by atoms with Crippen LogP contribution in [-0.2, 0) is 22.7 Å². The third kappa shape index (κ3) is 4.33. The van der Waals surface area contributed by atoms with E-state index in [0.29, 0.717) is 0 Å². The van der Waals surface area contributed by atoms with E-state index in [1.165, 1.54) is 10.9 Å². The highest BCUT2D eigenvalue weighted by molar-refractivity contribution is 7.60. The molecule has 17 heteroatoms. The molecule has 3 rings (SSSR count). The van der Waals surface area contributed by atoms with E-state index in [0.717, 1.165) is 6.33 Å². The fourth-order valence-corrected chi connectivity index (χ4v) is 3.78. The van der Waals surface area contributed by atoms with Gasteiger partial charge < -0.3 is 35.4 Å². The Morgan fingerprint density at radius 3 is 2.63 bits per heavy atom. The fourth-order valence-electron chi connectivity index (χ4n) is 2.23. The molecule has 3 heterocycles. The minimum absolute atomic E-state index is 0.0696. The maximum absolute atomic E-state index is 11.4. The van der Waals surface area contributed by atoms with Crippen LogP contribution in [0.2, 0.25) is 0 Å². The number of imidazole rings is 1. The lowest BCUT2D eigenvalue weighted by molar-refractivity contribution is 0.0192. The summed E-state index contributed by atoms with van der Waals surface area (Å²) >= 11 is 0. The van der Waals surface area contributed by atoms with E-state index in [9.17, 15) is 24.2 Å². The molecule has 1 fully saturated rings. The summed E-state index contributed by atoms with van der Waals surface area (Å²) in [6.07, 6.45) is -1.74. The lowest BCUT2D eigenvalue weighted by Crippen LogP contribution is -2.23. The van der Waals surface area contributed by atoms with Crippen molar-refractivity contribution in [2.75, 3.05) is 12.3 Å². The van der Waals surface area contributed by atoms with Crippen LogP contribution in [0.5, 0.6) is 0 Å². The molecule has 3 atom stereocenters. The zero-order valence-corrected chi connectivity index (χ0v) is 14.8. The molecule has 0 amide bonds. The Balaban J connectivity index is 1.75. The van der Waals surface area contributed by atoms with Gasteiger partial charge in [-0.05, 0) is 0 Å². The molecule has 2 aromatic rings. The smallest absolute Gasteiger partial charge is 0.387 e. The molecular weight excluding hydrogens is 412 g/mol. The van der Waals surface area contributed by atoms with Gasteiger partial charge in [0.05, 0.1) is 12.9 Å². The van der Waals surface area contributed by atoms with Crippen LogP contribution in [0.1, 0.15) is 6.23 Å². The Hall–Kier alpha value is -1.51. The summed E-state index contributed by atoms with van der Waals surface area (Å²) < 4.78 is 36.5. The van der Waals surface area contributed by atoms with Crippen LogP contribution in [0, 0.1) is 12.2 Å². The van der Waals surface area contributed by atoms with E-state index >= 15 is 0 Å². The van der Waals surface area contributed by atoms with Crippen LogP contribution < -0.4 is 5.73 Å². The van der Waals surface area contributed by atoms with Gasteiger partial charge in [0, 0.05) is 0 Å². The highest BCUT2D eigenvalue weighted by Crippen LogP contribution is 2.58. The number of nitrogens with two attached hydrogens (primary N) is 1. The number of ether oxygens (including phenoxy) is 1. The molecular formula is C10H13N5O10P2.